The summed E-state index contributed by atoms with van der Waals surface area (Å²) in [5, 5.41) is 0. The van der Waals surface area contributed by atoms with E-state index in [2.05, 4.69) is 4.99 Å². The quantitative estimate of drug-likeness (QED) is 0.740. The van der Waals surface area contributed by atoms with E-state index in [-0.39, 0.29) is 17.9 Å². The van der Waals surface area contributed by atoms with Gasteiger partial charge in [0.1, 0.15) is 11.9 Å². The molecule has 0 saturated carbocycles. The molecule has 5 nitrogen and oxygen atoms in total. The summed E-state index contributed by atoms with van der Waals surface area (Å²) in [6, 6.07) is 6.79. The first-order chi connectivity index (χ1) is 10.6. The highest BCUT2D eigenvalue weighted by atomic mass is 16.2. The maximum absolute atomic E-state index is 12.2. The zero-order valence-electron chi connectivity index (χ0n) is 14.3. The van der Waals surface area contributed by atoms with Crippen LogP contribution in [-0.2, 0) is 4.79 Å². The number of amides is 2. The second kappa shape index (κ2) is 7.73. The number of carbonyl (C=O) groups excluding carboxylic acids is 2. The van der Waals surface area contributed by atoms with Crippen LogP contribution in [0, 0.1) is 0 Å². The van der Waals surface area contributed by atoms with Crippen LogP contribution in [0.3, 0.4) is 0 Å². The first-order valence-corrected chi connectivity index (χ1v) is 7.84. The second-order valence-electron chi connectivity index (χ2n) is 4.57. The average molecular weight is 303 g/mol. The molecule has 5 heteroatoms. The SMILES string of the molecule is CC.CC.CC1N=C2CN(C)C(=O)c3ccccc3N2C1=O. The van der Waals surface area contributed by atoms with Gasteiger partial charge in [0.25, 0.3) is 11.8 Å². The Morgan fingerprint density at radius 1 is 1.09 bits per heavy atom. The van der Waals surface area contributed by atoms with Gasteiger partial charge in [-0.1, -0.05) is 39.8 Å². The highest BCUT2D eigenvalue weighted by Crippen LogP contribution is 2.29. The number of fused-ring (bicyclic) bond motifs is 3. The van der Waals surface area contributed by atoms with E-state index < -0.39 is 0 Å². The fourth-order valence-corrected chi connectivity index (χ4v) is 2.36. The van der Waals surface area contributed by atoms with Crippen LogP contribution in [0.1, 0.15) is 45.0 Å². The topological polar surface area (TPSA) is 53.0 Å². The minimum absolute atomic E-state index is 0.0689. The Bertz CT molecular complexity index is 581. The molecule has 0 fully saturated rings. The summed E-state index contributed by atoms with van der Waals surface area (Å²) < 4.78 is 0. The summed E-state index contributed by atoms with van der Waals surface area (Å²) in [7, 11) is 1.72. The molecule has 0 radical (unpaired) electrons. The molecule has 3 rings (SSSR count). The number of carbonyl (C=O) groups is 2. The lowest BCUT2D eigenvalue weighted by Gasteiger charge is -2.17. The van der Waals surface area contributed by atoms with Crippen molar-refractivity contribution in [1.82, 2.24) is 4.90 Å². The van der Waals surface area contributed by atoms with Crippen molar-refractivity contribution in [2.75, 3.05) is 18.5 Å². The largest absolute Gasteiger partial charge is 0.334 e. The number of hydrogen-bond acceptors (Lipinski definition) is 3. The summed E-state index contributed by atoms with van der Waals surface area (Å²) >= 11 is 0. The summed E-state index contributed by atoms with van der Waals surface area (Å²) in [4.78, 5) is 31.8. The maximum atomic E-state index is 12.2. The van der Waals surface area contributed by atoms with Crippen molar-refractivity contribution in [3.8, 4) is 0 Å². The van der Waals surface area contributed by atoms with Crippen molar-refractivity contribution in [2.24, 2.45) is 4.99 Å². The predicted molar refractivity (Wildman–Crippen MR) is 90.5 cm³/mol. The van der Waals surface area contributed by atoms with Crippen LogP contribution in [0.4, 0.5) is 5.69 Å². The number of nitrogens with zero attached hydrogens (tertiary/aromatic N) is 3. The molecule has 0 bridgehead atoms. The van der Waals surface area contributed by atoms with E-state index in [4.69, 9.17) is 0 Å². The molecule has 2 amide bonds. The number of amidine groups is 1. The van der Waals surface area contributed by atoms with E-state index >= 15 is 0 Å². The van der Waals surface area contributed by atoms with Crippen molar-refractivity contribution in [3.05, 3.63) is 29.8 Å². The van der Waals surface area contributed by atoms with Crippen LogP contribution < -0.4 is 4.90 Å². The van der Waals surface area contributed by atoms with Gasteiger partial charge in [-0.05, 0) is 19.1 Å². The van der Waals surface area contributed by atoms with Crippen molar-refractivity contribution >= 4 is 23.3 Å². The van der Waals surface area contributed by atoms with Gasteiger partial charge in [-0.2, -0.15) is 0 Å². The first kappa shape index (κ1) is 17.9. The molecule has 0 N–H and O–H groups in total. The van der Waals surface area contributed by atoms with Gasteiger partial charge in [0.15, 0.2) is 0 Å². The van der Waals surface area contributed by atoms with Crippen LogP contribution in [0.2, 0.25) is 0 Å². The van der Waals surface area contributed by atoms with E-state index in [1.807, 2.05) is 33.8 Å². The third-order valence-corrected chi connectivity index (χ3v) is 3.28. The summed E-state index contributed by atoms with van der Waals surface area (Å²) in [6.45, 7) is 10.1. The smallest absolute Gasteiger partial charge is 0.257 e. The van der Waals surface area contributed by atoms with Gasteiger partial charge in [0.2, 0.25) is 0 Å². The highest BCUT2D eigenvalue weighted by molar-refractivity contribution is 6.27. The molecular formula is C17H25N3O2. The van der Waals surface area contributed by atoms with Crippen molar-refractivity contribution in [1.29, 1.82) is 0 Å². The van der Waals surface area contributed by atoms with Crippen LogP contribution in [0.25, 0.3) is 0 Å². The molecule has 0 aliphatic carbocycles. The predicted octanol–water partition coefficient (Wildman–Crippen LogP) is 2.96. The third-order valence-electron chi connectivity index (χ3n) is 3.28. The number of likely N-dealkylation sites (N-methyl/N-ethyl adjacent to an activating group) is 1. The fourth-order valence-electron chi connectivity index (χ4n) is 2.36. The molecule has 2 heterocycles. The molecule has 1 aromatic rings. The van der Waals surface area contributed by atoms with E-state index in [1.165, 1.54) is 0 Å². The molecule has 1 aromatic carbocycles. The lowest BCUT2D eigenvalue weighted by molar-refractivity contribution is -0.117. The number of benzene rings is 1. The van der Waals surface area contributed by atoms with Crippen LogP contribution in [-0.4, -0.2) is 42.2 Å². The minimum Gasteiger partial charge on any atom is -0.334 e. The Morgan fingerprint density at radius 3 is 2.32 bits per heavy atom. The first-order valence-electron chi connectivity index (χ1n) is 7.84. The molecule has 2 aliphatic heterocycles. The van der Waals surface area contributed by atoms with Gasteiger partial charge in [0.05, 0.1) is 17.8 Å². The second-order valence-corrected chi connectivity index (χ2v) is 4.57. The number of para-hydroxylation sites is 1. The zero-order chi connectivity index (χ0) is 16.9. The molecule has 1 unspecified atom stereocenters. The molecule has 0 spiro atoms. The van der Waals surface area contributed by atoms with Gasteiger partial charge in [-0.3, -0.25) is 19.5 Å². The highest BCUT2D eigenvalue weighted by Gasteiger charge is 2.38. The molecule has 0 saturated heterocycles. The normalized spacial score (nSPS) is 19.0. The Labute approximate surface area is 132 Å². The standard InChI is InChI=1S/C13H13N3O2.2C2H6/c1-8-12(17)16-10-6-4-3-5-9(10)13(18)15(2)7-11(16)14-8;2*1-2/h3-6,8H,7H2,1-2H3;2*1-2H3. The molecule has 1 atom stereocenters. The van der Waals surface area contributed by atoms with Gasteiger partial charge in [-0.15, -0.1) is 0 Å². The number of hydrogen-bond donors (Lipinski definition) is 0. The van der Waals surface area contributed by atoms with Crippen LogP contribution in [0.5, 0.6) is 0 Å². The Kier molecular flexibility index (Phi) is 6.28. The van der Waals surface area contributed by atoms with Gasteiger partial charge >= 0.3 is 0 Å². The van der Waals surface area contributed by atoms with Gasteiger partial charge in [0, 0.05) is 7.05 Å². The van der Waals surface area contributed by atoms with Crippen molar-refractivity contribution < 1.29 is 9.59 Å². The maximum Gasteiger partial charge on any atom is 0.257 e. The molecule has 0 aromatic heterocycles. The molecule has 120 valence electrons. The lowest BCUT2D eigenvalue weighted by atomic mass is 10.1. The van der Waals surface area contributed by atoms with Gasteiger partial charge in [-0.25, -0.2) is 0 Å². The van der Waals surface area contributed by atoms with Crippen LogP contribution in [0.15, 0.2) is 29.3 Å². The van der Waals surface area contributed by atoms with E-state index in [9.17, 15) is 9.59 Å². The monoisotopic (exact) mass is 303 g/mol. The Balaban J connectivity index is 0.000000561. The minimum atomic E-state index is -0.366. The van der Waals surface area contributed by atoms with E-state index in [0.29, 0.717) is 23.6 Å². The van der Waals surface area contributed by atoms with Crippen molar-refractivity contribution in [2.45, 2.75) is 40.7 Å². The Morgan fingerprint density at radius 2 is 1.68 bits per heavy atom. The molecule has 2 aliphatic rings. The Hall–Kier alpha value is -2.17. The number of aliphatic imine (C=N–C) groups is 1. The van der Waals surface area contributed by atoms with E-state index in [1.54, 1.807) is 42.0 Å². The average Bonchev–Trinajstić information content (AvgIpc) is 2.78. The van der Waals surface area contributed by atoms with Crippen LogP contribution >= 0.6 is 0 Å². The fraction of sp³-hybridized carbons (Fsp3) is 0.471. The lowest BCUT2D eigenvalue weighted by Crippen LogP contribution is -2.38. The third kappa shape index (κ3) is 3.03. The number of rotatable bonds is 0. The summed E-state index contributed by atoms with van der Waals surface area (Å²) in [5.41, 5.74) is 1.19. The molecular weight excluding hydrogens is 278 g/mol. The summed E-state index contributed by atoms with van der Waals surface area (Å²) in [6.07, 6.45) is 0. The van der Waals surface area contributed by atoms with Gasteiger partial charge < -0.3 is 4.90 Å². The zero-order valence-corrected chi connectivity index (χ0v) is 14.3. The molecule has 22 heavy (non-hydrogen) atoms. The summed E-state index contributed by atoms with van der Waals surface area (Å²) in [5.74, 6) is 0.497. The number of anilines is 1. The van der Waals surface area contributed by atoms with Crippen molar-refractivity contribution in [3.63, 3.8) is 0 Å². The van der Waals surface area contributed by atoms with E-state index in [0.717, 1.165) is 0 Å².